The van der Waals surface area contributed by atoms with Crippen LogP contribution in [0.25, 0.3) is 0 Å². The standard InChI is InChI=1S/C19H26N4O3/c1-2-8-20-18(3-1)25-14-15-4-9-23(10-5-15)13-17-21-19(26-22-17)16-6-11-24-12-7-16/h1-3,8,15-16H,4-7,9-14H2. The van der Waals surface area contributed by atoms with Gasteiger partial charge in [-0.25, -0.2) is 4.98 Å². The van der Waals surface area contributed by atoms with Crippen molar-refractivity contribution in [2.24, 2.45) is 5.92 Å². The highest BCUT2D eigenvalue weighted by Gasteiger charge is 2.24. The molecule has 2 aliphatic rings. The van der Waals surface area contributed by atoms with Crippen LogP contribution in [-0.2, 0) is 11.3 Å². The Balaban J connectivity index is 1.21. The minimum atomic E-state index is 0.361. The van der Waals surface area contributed by atoms with Crippen molar-refractivity contribution in [2.45, 2.75) is 38.1 Å². The molecule has 0 aromatic carbocycles. The number of aromatic nitrogens is 3. The summed E-state index contributed by atoms with van der Waals surface area (Å²) in [6, 6.07) is 5.75. The highest BCUT2D eigenvalue weighted by atomic mass is 16.5. The molecule has 140 valence electrons. The van der Waals surface area contributed by atoms with E-state index in [4.69, 9.17) is 14.0 Å². The van der Waals surface area contributed by atoms with E-state index in [9.17, 15) is 0 Å². The summed E-state index contributed by atoms with van der Waals surface area (Å²) in [5, 5.41) is 4.18. The summed E-state index contributed by atoms with van der Waals surface area (Å²) in [5.41, 5.74) is 0. The zero-order valence-electron chi connectivity index (χ0n) is 15.0. The molecule has 0 atom stereocenters. The number of hydrogen-bond acceptors (Lipinski definition) is 7. The average Bonchev–Trinajstić information content (AvgIpc) is 3.17. The zero-order chi connectivity index (χ0) is 17.6. The summed E-state index contributed by atoms with van der Waals surface area (Å²) in [6.45, 7) is 5.16. The summed E-state index contributed by atoms with van der Waals surface area (Å²) in [7, 11) is 0. The first-order valence-electron chi connectivity index (χ1n) is 9.53. The predicted octanol–water partition coefficient (Wildman–Crippen LogP) is 2.65. The number of pyridine rings is 1. The van der Waals surface area contributed by atoms with Crippen molar-refractivity contribution in [3.63, 3.8) is 0 Å². The molecule has 7 heteroatoms. The Bertz CT molecular complexity index is 664. The van der Waals surface area contributed by atoms with Gasteiger partial charge < -0.3 is 14.0 Å². The van der Waals surface area contributed by atoms with Gasteiger partial charge in [0.05, 0.1) is 13.2 Å². The van der Waals surface area contributed by atoms with Crippen LogP contribution in [0.2, 0.25) is 0 Å². The van der Waals surface area contributed by atoms with Crippen molar-refractivity contribution in [3.05, 3.63) is 36.1 Å². The van der Waals surface area contributed by atoms with Crippen molar-refractivity contribution in [1.82, 2.24) is 20.0 Å². The van der Waals surface area contributed by atoms with Gasteiger partial charge in [-0.05, 0) is 50.8 Å². The van der Waals surface area contributed by atoms with Crippen molar-refractivity contribution in [2.75, 3.05) is 32.9 Å². The number of rotatable bonds is 6. The number of piperidine rings is 1. The molecule has 0 radical (unpaired) electrons. The van der Waals surface area contributed by atoms with E-state index in [0.717, 1.165) is 76.9 Å². The highest BCUT2D eigenvalue weighted by Crippen LogP contribution is 2.26. The van der Waals surface area contributed by atoms with Gasteiger partial charge in [0.25, 0.3) is 0 Å². The predicted molar refractivity (Wildman–Crippen MR) is 94.8 cm³/mol. The second kappa shape index (κ2) is 8.60. The van der Waals surface area contributed by atoms with Gasteiger partial charge in [-0.1, -0.05) is 11.2 Å². The number of hydrogen-bond donors (Lipinski definition) is 0. The van der Waals surface area contributed by atoms with Crippen LogP contribution < -0.4 is 4.74 Å². The van der Waals surface area contributed by atoms with Gasteiger partial charge in [0.1, 0.15) is 0 Å². The van der Waals surface area contributed by atoms with Crippen molar-refractivity contribution in [1.29, 1.82) is 0 Å². The molecule has 2 aliphatic heterocycles. The molecule has 2 aromatic heterocycles. The van der Waals surface area contributed by atoms with E-state index in [1.54, 1.807) is 6.20 Å². The maximum absolute atomic E-state index is 5.79. The van der Waals surface area contributed by atoms with E-state index in [1.807, 2.05) is 18.2 Å². The molecular formula is C19H26N4O3. The Kier molecular flexibility index (Phi) is 5.76. The molecule has 7 nitrogen and oxygen atoms in total. The molecule has 2 aromatic rings. The lowest BCUT2D eigenvalue weighted by atomic mass is 9.98. The Morgan fingerprint density at radius 1 is 1.12 bits per heavy atom. The maximum atomic E-state index is 5.79. The molecule has 0 N–H and O–H groups in total. The lowest BCUT2D eigenvalue weighted by Crippen LogP contribution is -2.35. The van der Waals surface area contributed by atoms with Gasteiger partial charge in [-0.15, -0.1) is 0 Å². The van der Waals surface area contributed by atoms with Gasteiger partial charge in [-0.2, -0.15) is 4.98 Å². The normalized spacial score (nSPS) is 20.3. The second-order valence-corrected chi connectivity index (χ2v) is 7.13. The van der Waals surface area contributed by atoms with E-state index >= 15 is 0 Å². The molecule has 2 saturated heterocycles. The number of nitrogens with zero attached hydrogens (tertiary/aromatic N) is 4. The van der Waals surface area contributed by atoms with E-state index in [0.29, 0.717) is 17.7 Å². The Morgan fingerprint density at radius 3 is 2.73 bits per heavy atom. The smallest absolute Gasteiger partial charge is 0.229 e. The first-order chi connectivity index (χ1) is 12.9. The van der Waals surface area contributed by atoms with Gasteiger partial charge in [0, 0.05) is 31.4 Å². The van der Waals surface area contributed by atoms with E-state index in [2.05, 4.69) is 20.0 Å². The molecule has 26 heavy (non-hydrogen) atoms. The van der Waals surface area contributed by atoms with Crippen LogP contribution in [0.4, 0.5) is 0 Å². The van der Waals surface area contributed by atoms with Gasteiger partial charge in [0.15, 0.2) is 5.82 Å². The van der Waals surface area contributed by atoms with Crippen LogP contribution in [0.1, 0.15) is 43.3 Å². The highest BCUT2D eigenvalue weighted by molar-refractivity contribution is 5.09. The summed E-state index contributed by atoms with van der Waals surface area (Å²) >= 11 is 0. The Morgan fingerprint density at radius 2 is 1.96 bits per heavy atom. The molecule has 0 amide bonds. The minimum Gasteiger partial charge on any atom is -0.477 e. The monoisotopic (exact) mass is 358 g/mol. The largest absolute Gasteiger partial charge is 0.477 e. The quantitative estimate of drug-likeness (QED) is 0.786. The molecule has 0 unspecified atom stereocenters. The number of ether oxygens (including phenoxy) is 2. The van der Waals surface area contributed by atoms with E-state index in [-0.39, 0.29) is 0 Å². The summed E-state index contributed by atoms with van der Waals surface area (Å²) in [6.07, 6.45) is 5.96. The van der Waals surface area contributed by atoms with Crippen LogP contribution in [0.15, 0.2) is 28.9 Å². The van der Waals surface area contributed by atoms with Gasteiger partial charge in [0.2, 0.25) is 11.8 Å². The van der Waals surface area contributed by atoms with Crippen LogP contribution >= 0.6 is 0 Å². The molecule has 0 bridgehead atoms. The van der Waals surface area contributed by atoms with Crippen LogP contribution in [-0.4, -0.2) is 52.9 Å². The Hall–Kier alpha value is -1.99. The fourth-order valence-electron chi connectivity index (χ4n) is 3.59. The summed E-state index contributed by atoms with van der Waals surface area (Å²) < 4.78 is 16.7. The van der Waals surface area contributed by atoms with E-state index in [1.165, 1.54) is 0 Å². The third-order valence-electron chi connectivity index (χ3n) is 5.23. The van der Waals surface area contributed by atoms with Gasteiger partial charge in [-0.3, -0.25) is 4.90 Å². The zero-order valence-corrected chi connectivity index (χ0v) is 15.0. The van der Waals surface area contributed by atoms with E-state index < -0.39 is 0 Å². The minimum absolute atomic E-state index is 0.361. The van der Waals surface area contributed by atoms with Gasteiger partial charge >= 0.3 is 0 Å². The molecular weight excluding hydrogens is 332 g/mol. The third-order valence-corrected chi connectivity index (χ3v) is 5.23. The summed E-state index contributed by atoms with van der Waals surface area (Å²) in [5.74, 6) is 3.23. The number of likely N-dealkylation sites (tertiary alicyclic amines) is 1. The van der Waals surface area contributed by atoms with Crippen molar-refractivity contribution in [3.8, 4) is 5.88 Å². The third kappa shape index (κ3) is 4.59. The van der Waals surface area contributed by atoms with Crippen LogP contribution in [0.5, 0.6) is 5.88 Å². The fraction of sp³-hybridized carbons (Fsp3) is 0.632. The molecule has 4 rings (SSSR count). The average molecular weight is 358 g/mol. The molecule has 0 aliphatic carbocycles. The first-order valence-corrected chi connectivity index (χ1v) is 9.53. The first kappa shape index (κ1) is 17.4. The van der Waals surface area contributed by atoms with Crippen molar-refractivity contribution >= 4 is 0 Å². The maximum Gasteiger partial charge on any atom is 0.229 e. The van der Waals surface area contributed by atoms with Crippen molar-refractivity contribution < 1.29 is 14.0 Å². The molecule has 4 heterocycles. The van der Waals surface area contributed by atoms with Crippen LogP contribution in [0.3, 0.4) is 0 Å². The lowest BCUT2D eigenvalue weighted by Gasteiger charge is -2.30. The Labute approximate surface area is 153 Å². The lowest BCUT2D eigenvalue weighted by molar-refractivity contribution is 0.0778. The topological polar surface area (TPSA) is 73.5 Å². The van der Waals surface area contributed by atoms with Crippen LogP contribution in [0, 0.1) is 5.92 Å². The molecule has 2 fully saturated rings. The second-order valence-electron chi connectivity index (χ2n) is 7.13. The molecule has 0 spiro atoms. The SMILES string of the molecule is c1ccc(OCC2CCN(Cc3noc(C4CCOCC4)n3)CC2)nc1. The fourth-order valence-corrected chi connectivity index (χ4v) is 3.59. The molecule has 0 saturated carbocycles. The summed E-state index contributed by atoms with van der Waals surface area (Å²) in [4.78, 5) is 11.2.